The third-order valence-electron chi connectivity index (χ3n) is 2.77. The number of benzene rings is 1. The number of carboxylic acids is 1. The second-order valence-corrected chi connectivity index (χ2v) is 6.06. The van der Waals surface area contributed by atoms with E-state index in [0.29, 0.717) is 20.5 Å². The summed E-state index contributed by atoms with van der Waals surface area (Å²) in [5, 5.41) is 14.2. The van der Waals surface area contributed by atoms with Crippen molar-refractivity contribution in [3.05, 3.63) is 56.2 Å². The van der Waals surface area contributed by atoms with E-state index in [4.69, 9.17) is 28.3 Å². The Bertz CT molecular complexity index is 658. The smallest absolute Gasteiger partial charge is 0.305 e. The number of halogens is 2. The summed E-state index contributed by atoms with van der Waals surface area (Å²) in [5.41, 5.74) is 0.522. The Balaban J connectivity index is 2.25. The molecule has 0 spiro atoms. The lowest BCUT2D eigenvalue weighted by atomic mass is 10.0. The van der Waals surface area contributed by atoms with Crippen LogP contribution in [0.1, 0.15) is 27.7 Å². The first kappa shape index (κ1) is 15.8. The predicted octanol–water partition coefficient (Wildman–Crippen LogP) is 4.00. The summed E-state index contributed by atoms with van der Waals surface area (Å²) in [6.07, 6.45) is -0.265. The molecule has 2 aromatic rings. The molecular formula is C14H11Cl2NO3S. The summed E-state index contributed by atoms with van der Waals surface area (Å²) in [6, 6.07) is 7.44. The Morgan fingerprint density at radius 1 is 1.29 bits per heavy atom. The Hall–Kier alpha value is -1.56. The summed E-state index contributed by atoms with van der Waals surface area (Å²) < 4.78 is 0. The highest BCUT2D eigenvalue weighted by atomic mass is 35.5. The fraction of sp³-hybridized carbons (Fsp3) is 0.143. The van der Waals surface area contributed by atoms with E-state index in [1.165, 1.54) is 17.4 Å². The van der Waals surface area contributed by atoms with Crippen LogP contribution in [0.4, 0.5) is 0 Å². The highest BCUT2D eigenvalue weighted by Gasteiger charge is 2.21. The second kappa shape index (κ2) is 6.93. The Morgan fingerprint density at radius 2 is 2.05 bits per heavy atom. The van der Waals surface area contributed by atoms with Crippen molar-refractivity contribution in [1.29, 1.82) is 0 Å². The quantitative estimate of drug-likeness (QED) is 0.862. The van der Waals surface area contributed by atoms with Crippen LogP contribution in [0.5, 0.6) is 0 Å². The molecular weight excluding hydrogens is 333 g/mol. The van der Waals surface area contributed by atoms with Crippen LogP contribution in [0.25, 0.3) is 0 Å². The minimum atomic E-state index is -1.03. The molecule has 1 aromatic carbocycles. The molecule has 1 atom stereocenters. The number of amides is 1. The van der Waals surface area contributed by atoms with Crippen LogP contribution in [-0.4, -0.2) is 17.0 Å². The number of hydrogen-bond donors (Lipinski definition) is 2. The van der Waals surface area contributed by atoms with Crippen LogP contribution in [0, 0.1) is 0 Å². The van der Waals surface area contributed by atoms with Gasteiger partial charge in [-0.3, -0.25) is 9.59 Å². The van der Waals surface area contributed by atoms with Gasteiger partial charge in [-0.25, -0.2) is 0 Å². The zero-order chi connectivity index (χ0) is 15.4. The van der Waals surface area contributed by atoms with E-state index in [-0.39, 0.29) is 12.3 Å². The van der Waals surface area contributed by atoms with Crippen molar-refractivity contribution in [3.8, 4) is 0 Å². The fourth-order valence-electron chi connectivity index (χ4n) is 1.83. The standard InChI is InChI=1S/C14H11Cl2NO3S/c15-8-3-4-9(10(16)6-8)11(7-13(18)19)17-14(20)12-2-1-5-21-12/h1-6,11H,7H2,(H,17,20)(H,18,19)/t11-/m0/s1. The van der Waals surface area contributed by atoms with E-state index < -0.39 is 12.0 Å². The van der Waals surface area contributed by atoms with Gasteiger partial charge in [-0.2, -0.15) is 0 Å². The fourth-order valence-corrected chi connectivity index (χ4v) is 3.00. The SMILES string of the molecule is O=C(O)C[C@H](NC(=O)c1cccs1)c1ccc(Cl)cc1Cl. The number of nitrogens with one attached hydrogen (secondary N) is 1. The van der Waals surface area contributed by atoms with Crippen LogP contribution in [-0.2, 0) is 4.79 Å². The third-order valence-corrected chi connectivity index (χ3v) is 4.20. The Morgan fingerprint density at radius 3 is 2.62 bits per heavy atom. The molecule has 2 rings (SSSR count). The molecule has 0 fully saturated rings. The topological polar surface area (TPSA) is 66.4 Å². The van der Waals surface area contributed by atoms with Gasteiger partial charge in [-0.15, -0.1) is 11.3 Å². The maximum Gasteiger partial charge on any atom is 0.305 e. The molecule has 0 saturated heterocycles. The lowest BCUT2D eigenvalue weighted by molar-refractivity contribution is -0.137. The number of aliphatic carboxylic acids is 1. The molecule has 0 aliphatic carbocycles. The highest BCUT2D eigenvalue weighted by Crippen LogP contribution is 2.28. The average molecular weight is 344 g/mol. The Labute approximate surface area is 135 Å². The van der Waals surface area contributed by atoms with E-state index in [9.17, 15) is 9.59 Å². The highest BCUT2D eigenvalue weighted by molar-refractivity contribution is 7.12. The average Bonchev–Trinajstić information content (AvgIpc) is 2.91. The summed E-state index contributed by atoms with van der Waals surface area (Å²) in [6.45, 7) is 0. The molecule has 21 heavy (non-hydrogen) atoms. The largest absolute Gasteiger partial charge is 0.481 e. The first-order valence-corrected chi connectivity index (χ1v) is 7.62. The van der Waals surface area contributed by atoms with Crippen molar-refractivity contribution in [2.45, 2.75) is 12.5 Å². The van der Waals surface area contributed by atoms with E-state index >= 15 is 0 Å². The maximum atomic E-state index is 12.1. The first-order valence-electron chi connectivity index (χ1n) is 5.98. The molecule has 0 saturated carbocycles. The van der Waals surface area contributed by atoms with Gasteiger partial charge in [0.05, 0.1) is 17.3 Å². The van der Waals surface area contributed by atoms with E-state index in [1.54, 1.807) is 29.6 Å². The summed E-state index contributed by atoms with van der Waals surface area (Å²) >= 11 is 13.2. The summed E-state index contributed by atoms with van der Waals surface area (Å²) in [5.74, 6) is -1.36. The van der Waals surface area contributed by atoms with E-state index in [2.05, 4.69) is 5.32 Å². The molecule has 1 aromatic heterocycles. The monoisotopic (exact) mass is 343 g/mol. The molecule has 0 bridgehead atoms. The van der Waals surface area contributed by atoms with Gasteiger partial charge in [-0.1, -0.05) is 35.3 Å². The molecule has 2 N–H and O–H groups in total. The van der Waals surface area contributed by atoms with Crippen molar-refractivity contribution in [3.63, 3.8) is 0 Å². The number of hydrogen-bond acceptors (Lipinski definition) is 3. The maximum absolute atomic E-state index is 12.1. The van der Waals surface area contributed by atoms with Gasteiger partial charge < -0.3 is 10.4 Å². The summed E-state index contributed by atoms with van der Waals surface area (Å²) in [7, 11) is 0. The number of carboxylic acid groups (broad SMARTS) is 1. The third kappa shape index (κ3) is 4.20. The van der Waals surface area contributed by atoms with Crippen LogP contribution in [0.2, 0.25) is 10.0 Å². The number of rotatable bonds is 5. The molecule has 110 valence electrons. The molecule has 4 nitrogen and oxygen atoms in total. The van der Waals surface area contributed by atoms with Gasteiger partial charge >= 0.3 is 5.97 Å². The molecule has 0 aliphatic rings. The minimum Gasteiger partial charge on any atom is -0.481 e. The van der Waals surface area contributed by atoms with Gasteiger partial charge in [-0.05, 0) is 29.1 Å². The van der Waals surface area contributed by atoms with Crippen LogP contribution in [0.15, 0.2) is 35.7 Å². The van der Waals surface area contributed by atoms with Gasteiger partial charge in [0.25, 0.3) is 5.91 Å². The van der Waals surface area contributed by atoms with E-state index in [0.717, 1.165) is 0 Å². The minimum absolute atomic E-state index is 0.265. The molecule has 0 aliphatic heterocycles. The van der Waals surface area contributed by atoms with Crippen molar-refractivity contribution in [2.75, 3.05) is 0 Å². The van der Waals surface area contributed by atoms with Crippen molar-refractivity contribution in [1.82, 2.24) is 5.32 Å². The number of thiophene rings is 1. The second-order valence-electron chi connectivity index (χ2n) is 4.27. The van der Waals surface area contributed by atoms with Gasteiger partial charge in [0, 0.05) is 10.0 Å². The molecule has 0 radical (unpaired) electrons. The normalized spacial score (nSPS) is 11.9. The first-order chi connectivity index (χ1) is 9.97. The van der Waals surface area contributed by atoms with Gasteiger partial charge in [0.15, 0.2) is 0 Å². The lowest BCUT2D eigenvalue weighted by Gasteiger charge is -2.18. The van der Waals surface area contributed by atoms with Crippen LogP contribution < -0.4 is 5.32 Å². The zero-order valence-corrected chi connectivity index (χ0v) is 13.0. The van der Waals surface area contributed by atoms with Crippen LogP contribution >= 0.6 is 34.5 Å². The number of carbonyl (C=O) groups is 2. The Kier molecular flexibility index (Phi) is 5.22. The molecule has 1 amide bonds. The zero-order valence-electron chi connectivity index (χ0n) is 10.7. The van der Waals surface area contributed by atoms with Crippen molar-refractivity contribution >= 4 is 46.4 Å². The predicted molar refractivity (Wildman–Crippen MR) is 83.2 cm³/mol. The van der Waals surface area contributed by atoms with Gasteiger partial charge in [0.1, 0.15) is 0 Å². The number of carbonyl (C=O) groups excluding carboxylic acids is 1. The molecule has 0 unspecified atom stereocenters. The van der Waals surface area contributed by atoms with Gasteiger partial charge in [0.2, 0.25) is 0 Å². The summed E-state index contributed by atoms with van der Waals surface area (Å²) in [4.78, 5) is 23.6. The van der Waals surface area contributed by atoms with Crippen molar-refractivity contribution in [2.24, 2.45) is 0 Å². The van der Waals surface area contributed by atoms with Crippen LogP contribution in [0.3, 0.4) is 0 Å². The molecule has 7 heteroatoms. The molecule has 1 heterocycles. The van der Waals surface area contributed by atoms with Crippen molar-refractivity contribution < 1.29 is 14.7 Å². The lowest BCUT2D eigenvalue weighted by Crippen LogP contribution is -2.29. The van der Waals surface area contributed by atoms with E-state index in [1.807, 2.05) is 0 Å².